The van der Waals surface area contributed by atoms with Crippen molar-refractivity contribution >= 4 is 11.2 Å². The average Bonchev–Trinajstić information content (AvgIpc) is 2.86. The smallest absolute Gasteiger partial charge is 0.167 e. The number of hydrogen-bond donors (Lipinski definition) is 1. The van der Waals surface area contributed by atoms with Gasteiger partial charge in [0.1, 0.15) is 11.8 Å². The summed E-state index contributed by atoms with van der Waals surface area (Å²) in [6.45, 7) is 0. The number of fused-ring (bicyclic) bond motifs is 1. The molecule has 3 aromatic heterocycles. The van der Waals surface area contributed by atoms with E-state index in [1.807, 2.05) is 48.0 Å². The molecule has 5 nitrogen and oxygen atoms in total. The zero-order chi connectivity index (χ0) is 13.2. The molecule has 0 unspecified atom stereocenters. The summed E-state index contributed by atoms with van der Waals surface area (Å²) in [4.78, 5) is 8.65. The third-order valence-corrected chi connectivity index (χ3v) is 2.93. The molecule has 0 spiro atoms. The van der Waals surface area contributed by atoms with Gasteiger partial charge in [0.05, 0.1) is 11.2 Å². The summed E-state index contributed by atoms with van der Waals surface area (Å²) in [5.41, 5.74) is 2.88. The van der Waals surface area contributed by atoms with Crippen LogP contribution in [0.4, 0.5) is 5.69 Å². The lowest BCUT2D eigenvalue weighted by Crippen LogP contribution is -1.94. The molecular weight excluding hydrogens is 238 g/mol. The molecule has 3 rings (SSSR count). The van der Waals surface area contributed by atoms with Gasteiger partial charge in [0.15, 0.2) is 11.5 Å². The van der Waals surface area contributed by atoms with Gasteiger partial charge in [-0.25, -0.2) is 4.98 Å². The number of pyridine rings is 2. The SMILES string of the molecule is CNc1ccc2c(C#N)nc(-c3ccccn3)n2c1. The molecule has 3 heterocycles. The fraction of sp³-hybridized carbons (Fsp3) is 0.0714. The largest absolute Gasteiger partial charge is 0.387 e. The molecule has 0 aliphatic heterocycles. The van der Waals surface area contributed by atoms with E-state index in [9.17, 15) is 0 Å². The van der Waals surface area contributed by atoms with Crippen LogP contribution in [0, 0.1) is 11.3 Å². The standard InChI is InChI=1S/C14H11N5/c1-16-10-5-6-13-12(8-15)18-14(19(13)9-10)11-4-2-3-7-17-11/h2-7,9,16H,1H3. The number of nitrogens with one attached hydrogen (secondary N) is 1. The Labute approximate surface area is 110 Å². The zero-order valence-corrected chi connectivity index (χ0v) is 10.3. The average molecular weight is 249 g/mol. The van der Waals surface area contributed by atoms with E-state index in [4.69, 9.17) is 5.26 Å². The van der Waals surface area contributed by atoms with E-state index in [2.05, 4.69) is 21.4 Å². The normalized spacial score (nSPS) is 10.3. The van der Waals surface area contributed by atoms with Crippen LogP contribution in [0.5, 0.6) is 0 Å². The first-order chi connectivity index (χ1) is 9.33. The Kier molecular flexibility index (Phi) is 2.62. The van der Waals surface area contributed by atoms with Crippen LogP contribution in [-0.2, 0) is 0 Å². The predicted octanol–water partition coefficient (Wildman–Crippen LogP) is 2.31. The van der Waals surface area contributed by atoms with Gasteiger partial charge >= 0.3 is 0 Å². The van der Waals surface area contributed by atoms with Crippen molar-refractivity contribution in [3.05, 3.63) is 48.4 Å². The molecule has 0 aromatic carbocycles. The Morgan fingerprint density at radius 3 is 2.84 bits per heavy atom. The van der Waals surface area contributed by atoms with Crippen molar-refractivity contribution in [3.63, 3.8) is 0 Å². The van der Waals surface area contributed by atoms with Gasteiger partial charge in [-0.3, -0.25) is 9.38 Å². The summed E-state index contributed by atoms with van der Waals surface area (Å²) in [6.07, 6.45) is 3.62. The van der Waals surface area contributed by atoms with Crippen LogP contribution in [0.3, 0.4) is 0 Å². The van der Waals surface area contributed by atoms with Crippen LogP contribution >= 0.6 is 0 Å². The summed E-state index contributed by atoms with van der Waals surface area (Å²) in [5.74, 6) is 0.671. The highest BCUT2D eigenvalue weighted by atomic mass is 15.1. The molecule has 0 atom stereocenters. The molecule has 0 amide bonds. The second kappa shape index (κ2) is 4.42. The molecule has 92 valence electrons. The van der Waals surface area contributed by atoms with Gasteiger partial charge in [-0.2, -0.15) is 5.26 Å². The minimum Gasteiger partial charge on any atom is -0.387 e. The van der Waals surface area contributed by atoms with Crippen LogP contribution in [0.25, 0.3) is 17.0 Å². The molecule has 3 aromatic rings. The molecule has 5 heteroatoms. The quantitative estimate of drug-likeness (QED) is 0.756. The van der Waals surface area contributed by atoms with Gasteiger partial charge in [0.25, 0.3) is 0 Å². The lowest BCUT2D eigenvalue weighted by Gasteiger charge is -2.03. The summed E-state index contributed by atoms with van der Waals surface area (Å²) in [6, 6.07) is 11.5. The second-order valence-electron chi connectivity index (χ2n) is 4.03. The fourth-order valence-electron chi connectivity index (χ4n) is 1.99. The Bertz CT molecular complexity index is 768. The van der Waals surface area contributed by atoms with E-state index in [0.29, 0.717) is 11.5 Å². The van der Waals surface area contributed by atoms with Crippen molar-refractivity contribution < 1.29 is 0 Å². The first-order valence-electron chi connectivity index (χ1n) is 5.85. The van der Waals surface area contributed by atoms with E-state index in [1.54, 1.807) is 6.20 Å². The summed E-state index contributed by atoms with van der Waals surface area (Å²) >= 11 is 0. The van der Waals surface area contributed by atoms with E-state index in [0.717, 1.165) is 16.9 Å². The van der Waals surface area contributed by atoms with Crippen molar-refractivity contribution in [2.24, 2.45) is 0 Å². The van der Waals surface area contributed by atoms with Gasteiger partial charge in [-0.05, 0) is 24.3 Å². The van der Waals surface area contributed by atoms with Crippen molar-refractivity contribution in [3.8, 4) is 17.6 Å². The second-order valence-corrected chi connectivity index (χ2v) is 4.03. The zero-order valence-electron chi connectivity index (χ0n) is 10.3. The molecule has 0 radical (unpaired) electrons. The van der Waals surface area contributed by atoms with Gasteiger partial charge < -0.3 is 5.32 Å². The van der Waals surface area contributed by atoms with Crippen LogP contribution in [0.1, 0.15) is 5.69 Å². The van der Waals surface area contributed by atoms with Crippen LogP contribution in [-0.4, -0.2) is 21.4 Å². The molecule has 0 bridgehead atoms. The Balaban J connectivity index is 2.33. The van der Waals surface area contributed by atoms with Gasteiger partial charge in [0.2, 0.25) is 0 Å². The highest BCUT2D eigenvalue weighted by molar-refractivity contribution is 5.68. The number of nitriles is 1. The maximum atomic E-state index is 9.16. The fourth-order valence-corrected chi connectivity index (χ4v) is 1.99. The van der Waals surface area contributed by atoms with E-state index in [1.165, 1.54) is 0 Å². The molecule has 0 fully saturated rings. The van der Waals surface area contributed by atoms with Crippen molar-refractivity contribution in [2.45, 2.75) is 0 Å². The number of aromatic nitrogens is 3. The topological polar surface area (TPSA) is 66.0 Å². The molecule has 19 heavy (non-hydrogen) atoms. The monoisotopic (exact) mass is 249 g/mol. The van der Waals surface area contributed by atoms with E-state index in [-0.39, 0.29) is 0 Å². The lowest BCUT2D eigenvalue weighted by molar-refractivity contribution is 1.13. The minimum absolute atomic E-state index is 0.406. The maximum Gasteiger partial charge on any atom is 0.167 e. The van der Waals surface area contributed by atoms with Gasteiger partial charge in [0, 0.05) is 19.4 Å². The predicted molar refractivity (Wildman–Crippen MR) is 72.7 cm³/mol. The molecule has 0 saturated carbocycles. The van der Waals surface area contributed by atoms with Crippen molar-refractivity contribution in [2.75, 3.05) is 12.4 Å². The number of imidazole rings is 1. The van der Waals surface area contributed by atoms with Crippen LogP contribution in [0.2, 0.25) is 0 Å². The first kappa shape index (κ1) is 11.2. The maximum absolute atomic E-state index is 9.16. The third-order valence-electron chi connectivity index (χ3n) is 2.93. The number of rotatable bonds is 2. The minimum atomic E-state index is 0.406. The van der Waals surface area contributed by atoms with Gasteiger partial charge in [-0.15, -0.1) is 0 Å². The number of anilines is 1. The molecular formula is C14H11N5. The molecule has 1 N–H and O–H groups in total. The van der Waals surface area contributed by atoms with Crippen LogP contribution in [0.15, 0.2) is 42.7 Å². The Hall–Kier alpha value is -2.87. The summed E-state index contributed by atoms with van der Waals surface area (Å²) < 4.78 is 1.88. The van der Waals surface area contributed by atoms with E-state index >= 15 is 0 Å². The van der Waals surface area contributed by atoms with E-state index < -0.39 is 0 Å². The molecule has 0 aliphatic rings. The number of hydrogen-bond acceptors (Lipinski definition) is 4. The highest BCUT2D eigenvalue weighted by Crippen LogP contribution is 2.22. The van der Waals surface area contributed by atoms with Crippen molar-refractivity contribution in [1.29, 1.82) is 5.26 Å². The highest BCUT2D eigenvalue weighted by Gasteiger charge is 2.13. The lowest BCUT2D eigenvalue weighted by atomic mass is 10.3. The van der Waals surface area contributed by atoms with Crippen LogP contribution < -0.4 is 5.32 Å². The van der Waals surface area contributed by atoms with Gasteiger partial charge in [-0.1, -0.05) is 6.07 Å². The van der Waals surface area contributed by atoms with Crippen molar-refractivity contribution in [1.82, 2.24) is 14.4 Å². The first-order valence-corrected chi connectivity index (χ1v) is 5.85. The number of nitrogens with zero attached hydrogens (tertiary/aromatic N) is 4. The Morgan fingerprint density at radius 1 is 1.26 bits per heavy atom. The third kappa shape index (κ3) is 1.79. The molecule has 0 aliphatic carbocycles. The molecule has 0 saturated heterocycles. The Morgan fingerprint density at radius 2 is 2.16 bits per heavy atom. The summed E-state index contributed by atoms with van der Waals surface area (Å²) in [5, 5.41) is 12.2. The summed E-state index contributed by atoms with van der Waals surface area (Å²) in [7, 11) is 1.85.